The Kier molecular flexibility index (Phi) is 7.30. The quantitative estimate of drug-likeness (QED) is 0.549. The molecule has 2 aromatic rings. The summed E-state index contributed by atoms with van der Waals surface area (Å²) in [6.45, 7) is 5.62. The molecule has 0 spiro atoms. The Balaban J connectivity index is 1.67. The molecule has 0 aliphatic heterocycles. The first kappa shape index (κ1) is 20.3. The molecule has 1 fully saturated rings. The SMILES string of the molecule is CCCC1CCC(c2csc(N(CCC(=O)O)Cc3ccc(C)s3)n2)CC1. The molecule has 0 saturated heterocycles. The van der Waals surface area contributed by atoms with E-state index < -0.39 is 5.97 Å². The van der Waals surface area contributed by atoms with Gasteiger partial charge in [0.15, 0.2) is 5.13 Å². The molecule has 1 aliphatic carbocycles. The molecule has 6 heteroatoms. The molecule has 0 amide bonds. The second-order valence-electron chi connectivity index (χ2n) is 7.64. The van der Waals surface area contributed by atoms with E-state index in [1.807, 2.05) is 0 Å². The lowest BCUT2D eigenvalue weighted by Gasteiger charge is -2.27. The highest BCUT2D eigenvalue weighted by atomic mass is 32.1. The second-order valence-corrected chi connectivity index (χ2v) is 9.85. The van der Waals surface area contributed by atoms with Crippen molar-refractivity contribution < 1.29 is 9.90 Å². The van der Waals surface area contributed by atoms with E-state index in [0.717, 1.165) is 17.6 Å². The second kappa shape index (κ2) is 9.69. The largest absolute Gasteiger partial charge is 0.481 e. The Morgan fingerprint density at radius 2 is 2.07 bits per heavy atom. The standard InChI is InChI=1S/C21H30N2O2S2/c1-3-4-16-6-8-17(9-7-16)19-14-26-21(22-19)23(12-11-20(24)25)13-18-10-5-15(2)27-18/h5,10,14,16-17H,3-4,6-9,11-13H2,1-2H3,(H,24,25). The third-order valence-corrected chi connectivity index (χ3v) is 7.39. The first-order chi connectivity index (χ1) is 13.0. The highest BCUT2D eigenvalue weighted by Crippen LogP contribution is 2.39. The van der Waals surface area contributed by atoms with Crippen molar-refractivity contribution >= 4 is 33.8 Å². The van der Waals surface area contributed by atoms with Gasteiger partial charge in [-0.1, -0.05) is 19.8 Å². The Morgan fingerprint density at radius 3 is 2.70 bits per heavy atom. The summed E-state index contributed by atoms with van der Waals surface area (Å²) in [7, 11) is 0. The Bertz CT molecular complexity index is 732. The number of aliphatic carboxylic acids is 1. The Hall–Kier alpha value is -1.40. The molecule has 1 saturated carbocycles. The fourth-order valence-electron chi connectivity index (χ4n) is 4.00. The minimum atomic E-state index is -0.756. The highest BCUT2D eigenvalue weighted by Gasteiger charge is 2.24. The number of carboxylic acids is 1. The molecule has 0 aromatic carbocycles. The molecule has 0 atom stereocenters. The zero-order chi connectivity index (χ0) is 19.2. The van der Waals surface area contributed by atoms with Crippen LogP contribution in [0, 0.1) is 12.8 Å². The monoisotopic (exact) mass is 406 g/mol. The third-order valence-electron chi connectivity index (χ3n) is 5.48. The summed E-state index contributed by atoms with van der Waals surface area (Å²) in [5.41, 5.74) is 1.22. The molecule has 0 bridgehead atoms. The fraction of sp³-hybridized carbons (Fsp3) is 0.619. The number of thiazole rings is 1. The third kappa shape index (κ3) is 5.79. The van der Waals surface area contributed by atoms with E-state index in [9.17, 15) is 4.79 Å². The first-order valence-electron chi connectivity index (χ1n) is 10.0. The van der Waals surface area contributed by atoms with E-state index in [-0.39, 0.29) is 6.42 Å². The number of rotatable bonds is 9. The summed E-state index contributed by atoms with van der Waals surface area (Å²) in [5.74, 6) is 0.722. The van der Waals surface area contributed by atoms with Gasteiger partial charge in [0, 0.05) is 27.6 Å². The average Bonchev–Trinajstić information content (AvgIpc) is 3.28. The van der Waals surface area contributed by atoms with Crippen LogP contribution in [-0.4, -0.2) is 22.6 Å². The smallest absolute Gasteiger partial charge is 0.305 e. The van der Waals surface area contributed by atoms with Crippen molar-refractivity contribution in [2.75, 3.05) is 11.4 Å². The molecule has 1 N–H and O–H groups in total. The van der Waals surface area contributed by atoms with Crippen LogP contribution in [0.15, 0.2) is 17.5 Å². The summed E-state index contributed by atoms with van der Waals surface area (Å²) >= 11 is 3.44. The summed E-state index contributed by atoms with van der Waals surface area (Å²) in [4.78, 5) is 20.7. The fourth-order valence-corrected chi connectivity index (χ4v) is 5.84. The zero-order valence-electron chi connectivity index (χ0n) is 16.3. The van der Waals surface area contributed by atoms with Crippen molar-refractivity contribution in [2.24, 2.45) is 5.92 Å². The topological polar surface area (TPSA) is 53.4 Å². The maximum absolute atomic E-state index is 11.1. The van der Waals surface area contributed by atoms with Gasteiger partial charge in [-0.2, -0.15) is 0 Å². The van der Waals surface area contributed by atoms with E-state index in [4.69, 9.17) is 10.1 Å². The normalized spacial score (nSPS) is 19.9. The molecule has 2 aromatic heterocycles. The van der Waals surface area contributed by atoms with Gasteiger partial charge in [-0.15, -0.1) is 22.7 Å². The minimum absolute atomic E-state index is 0.140. The maximum Gasteiger partial charge on any atom is 0.305 e. The number of aromatic nitrogens is 1. The molecular formula is C21H30N2O2S2. The van der Waals surface area contributed by atoms with Gasteiger partial charge in [-0.05, 0) is 50.7 Å². The lowest BCUT2D eigenvalue weighted by Crippen LogP contribution is -2.25. The highest BCUT2D eigenvalue weighted by molar-refractivity contribution is 7.14. The average molecular weight is 407 g/mol. The van der Waals surface area contributed by atoms with Gasteiger partial charge in [0.2, 0.25) is 0 Å². The minimum Gasteiger partial charge on any atom is -0.481 e. The number of thiophene rings is 1. The number of nitrogens with zero attached hydrogens (tertiary/aromatic N) is 2. The number of carbonyl (C=O) groups is 1. The molecule has 0 radical (unpaired) electrons. The molecule has 27 heavy (non-hydrogen) atoms. The van der Waals surface area contributed by atoms with Gasteiger partial charge in [0.1, 0.15) is 0 Å². The van der Waals surface area contributed by atoms with E-state index in [1.165, 1.54) is 54.0 Å². The summed E-state index contributed by atoms with van der Waals surface area (Å²) in [5, 5.41) is 12.3. The summed E-state index contributed by atoms with van der Waals surface area (Å²) in [6, 6.07) is 4.26. The molecule has 148 valence electrons. The number of anilines is 1. The van der Waals surface area contributed by atoms with Crippen LogP contribution in [0.2, 0.25) is 0 Å². The summed E-state index contributed by atoms with van der Waals surface area (Å²) in [6.07, 6.45) is 7.92. The van der Waals surface area contributed by atoms with Crippen LogP contribution < -0.4 is 4.90 Å². The predicted octanol–water partition coefficient (Wildman–Crippen LogP) is 6.07. The van der Waals surface area contributed by atoms with Gasteiger partial charge < -0.3 is 10.0 Å². The molecule has 0 unspecified atom stereocenters. The maximum atomic E-state index is 11.1. The van der Waals surface area contributed by atoms with Crippen molar-refractivity contribution in [3.8, 4) is 0 Å². The number of hydrogen-bond donors (Lipinski definition) is 1. The van der Waals surface area contributed by atoms with E-state index in [0.29, 0.717) is 12.5 Å². The van der Waals surface area contributed by atoms with Crippen LogP contribution in [0.3, 0.4) is 0 Å². The number of hydrogen-bond acceptors (Lipinski definition) is 5. The van der Waals surface area contributed by atoms with Crippen LogP contribution in [0.1, 0.15) is 73.2 Å². The van der Waals surface area contributed by atoms with Gasteiger partial charge in [0.25, 0.3) is 0 Å². The van der Waals surface area contributed by atoms with Crippen molar-refractivity contribution in [1.82, 2.24) is 4.98 Å². The predicted molar refractivity (Wildman–Crippen MR) is 114 cm³/mol. The first-order valence-corrected chi connectivity index (χ1v) is 11.7. The van der Waals surface area contributed by atoms with E-state index in [2.05, 4.69) is 36.3 Å². The number of carboxylic acid groups (broad SMARTS) is 1. The van der Waals surface area contributed by atoms with Gasteiger partial charge in [-0.25, -0.2) is 4.98 Å². The van der Waals surface area contributed by atoms with Gasteiger partial charge >= 0.3 is 5.97 Å². The van der Waals surface area contributed by atoms with Crippen LogP contribution in [0.5, 0.6) is 0 Å². The molecule has 4 nitrogen and oxygen atoms in total. The molecule has 3 rings (SSSR count). The van der Waals surface area contributed by atoms with Crippen molar-refractivity contribution in [3.05, 3.63) is 33.0 Å². The number of aryl methyl sites for hydroxylation is 1. The lowest BCUT2D eigenvalue weighted by atomic mass is 9.79. The molecule has 2 heterocycles. The molecule has 1 aliphatic rings. The summed E-state index contributed by atoms with van der Waals surface area (Å²) < 4.78 is 0. The Labute approximate surface area is 170 Å². The van der Waals surface area contributed by atoms with Crippen LogP contribution in [0.25, 0.3) is 0 Å². The van der Waals surface area contributed by atoms with Crippen molar-refractivity contribution in [2.45, 2.75) is 71.3 Å². The molecular weight excluding hydrogens is 376 g/mol. The van der Waals surface area contributed by atoms with Crippen LogP contribution >= 0.6 is 22.7 Å². The Morgan fingerprint density at radius 1 is 1.30 bits per heavy atom. The zero-order valence-corrected chi connectivity index (χ0v) is 18.0. The van der Waals surface area contributed by atoms with Gasteiger partial charge in [0.05, 0.1) is 18.7 Å². The van der Waals surface area contributed by atoms with Crippen molar-refractivity contribution in [3.63, 3.8) is 0 Å². The lowest BCUT2D eigenvalue weighted by molar-refractivity contribution is -0.136. The van der Waals surface area contributed by atoms with Crippen LogP contribution in [-0.2, 0) is 11.3 Å². The van der Waals surface area contributed by atoms with E-state index in [1.54, 1.807) is 22.7 Å². The van der Waals surface area contributed by atoms with Gasteiger partial charge in [-0.3, -0.25) is 4.79 Å². The van der Waals surface area contributed by atoms with Crippen LogP contribution in [0.4, 0.5) is 5.13 Å². The van der Waals surface area contributed by atoms with E-state index >= 15 is 0 Å². The van der Waals surface area contributed by atoms with Crippen molar-refractivity contribution in [1.29, 1.82) is 0 Å².